The van der Waals surface area contributed by atoms with E-state index in [1.165, 1.54) is 6.92 Å². The molecule has 9 heteroatoms. The molecule has 210 valence electrons. The Bertz CT molecular complexity index is 1590. The number of likely N-dealkylation sites (tertiary alicyclic amines) is 1. The molecule has 2 fully saturated rings. The quantitative estimate of drug-likeness (QED) is 0.429. The van der Waals surface area contributed by atoms with Gasteiger partial charge in [-0.1, -0.05) is 37.3 Å². The van der Waals surface area contributed by atoms with Crippen molar-refractivity contribution in [1.29, 1.82) is 0 Å². The van der Waals surface area contributed by atoms with Crippen LogP contribution in [0.1, 0.15) is 68.6 Å². The summed E-state index contributed by atoms with van der Waals surface area (Å²) in [4.78, 5) is 51.3. The maximum atomic E-state index is 14.1. The van der Waals surface area contributed by atoms with Crippen LogP contribution in [0.2, 0.25) is 0 Å². The summed E-state index contributed by atoms with van der Waals surface area (Å²) in [6.07, 6.45) is 4.74. The molecule has 1 saturated heterocycles. The van der Waals surface area contributed by atoms with E-state index < -0.39 is 11.6 Å². The van der Waals surface area contributed by atoms with Crippen molar-refractivity contribution in [1.82, 2.24) is 20.2 Å². The Kier molecular flexibility index (Phi) is 6.36. The van der Waals surface area contributed by atoms with E-state index in [-0.39, 0.29) is 41.5 Å². The van der Waals surface area contributed by atoms with E-state index in [1.807, 2.05) is 63.2 Å². The zero-order chi connectivity index (χ0) is 29.1. The topological polar surface area (TPSA) is 117 Å². The summed E-state index contributed by atoms with van der Waals surface area (Å²) in [5.41, 5.74) is 3.13. The van der Waals surface area contributed by atoms with Crippen LogP contribution in [-0.2, 0) is 19.9 Å². The maximum Gasteiger partial charge on any atom is 0.243 e. The van der Waals surface area contributed by atoms with Crippen LogP contribution in [0.3, 0.4) is 0 Å². The lowest BCUT2D eigenvalue weighted by molar-refractivity contribution is -0.142. The molecule has 1 aromatic heterocycles. The number of aromatic nitrogens is 2. The number of Topliss-reactive ketones (excluding diaryl/α,β-unsaturated/α-hetero) is 1. The molecule has 0 radical (unpaired) electrons. The number of fused-ring (bicyclic) bond motifs is 2. The molecular formula is C32H34N6O3. The molecule has 5 atom stereocenters. The molecule has 2 aliphatic heterocycles. The largest absolute Gasteiger partial charge is 0.348 e. The van der Waals surface area contributed by atoms with Crippen molar-refractivity contribution in [3.05, 3.63) is 77.4 Å². The van der Waals surface area contributed by atoms with Gasteiger partial charge in [-0.05, 0) is 74.8 Å². The van der Waals surface area contributed by atoms with Crippen molar-refractivity contribution in [2.75, 3.05) is 0 Å². The van der Waals surface area contributed by atoms with E-state index in [9.17, 15) is 14.4 Å². The van der Waals surface area contributed by atoms with E-state index in [0.29, 0.717) is 23.5 Å². The van der Waals surface area contributed by atoms with E-state index in [4.69, 9.17) is 0 Å². The number of azo groups is 1. The minimum absolute atomic E-state index is 0.0302. The number of rotatable bonds is 7. The van der Waals surface area contributed by atoms with Gasteiger partial charge in [-0.15, -0.1) is 0 Å². The first-order valence-corrected chi connectivity index (χ1v) is 14.1. The molecule has 0 spiro atoms. The number of piperidine rings is 1. The van der Waals surface area contributed by atoms with E-state index in [1.54, 1.807) is 17.3 Å². The Morgan fingerprint density at radius 2 is 1.76 bits per heavy atom. The Morgan fingerprint density at radius 3 is 2.44 bits per heavy atom. The Labute approximate surface area is 239 Å². The van der Waals surface area contributed by atoms with Gasteiger partial charge in [0, 0.05) is 29.6 Å². The minimum atomic E-state index is -1.45. The molecule has 1 unspecified atom stereocenters. The molecule has 3 heterocycles. The number of amides is 2. The Morgan fingerprint density at radius 1 is 1.05 bits per heavy atom. The van der Waals surface area contributed by atoms with Gasteiger partial charge in [0.05, 0.1) is 18.2 Å². The van der Waals surface area contributed by atoms with Gasteiger partial charge in [-0.3, -0.25) is 14.4 Å². The van der Waals surface area contributed by atoms with Gasteiger partial charge in [-0.25, -0.2) is 9.97 Å². The number of carbonyl (C=O) groups excluding carboxylic acids is 3. The van der Waals surface area contributed by atoms with Crippen LogP contribution in [-0.4, -0.2) is 44.5 Å². The molecule has 3 aliphatic rings. The van der Waals surface area contributed by atoms with E-state index in [0.717, 1.165) is 28.7 Å². The first kappa shape index (κ1) is 26.9. The average Bonchev–Trinajstić information content (AvgIpc) is 3.30. The highest BCUT2D eigenvalue weighted by molar-refractivity contribution is 5.98. The van der Waals surface area contributed by atoms with Crippen molar-refractivity contribution < 1.29 is 14.4 Å². The Balaban J connectivity index is 1.30. The predicted molar refractivity (Wildman–Crippen MR) is 153 cm³/mol. The molecule has 0 bridgehead atoms. The zero-order valence-corrected chi connectivity index (χ0v) is 24.0. The summed E-state index contributed by atoms with van der Waals surface area (Å²) >= 11 is 0. The van der Waals surface area contributed by atoms with Crippen molar-refractivity contribution in [3.63, 3.8) is 0 Å². The van der Waals surface area contributed by atoms with Crippen LogP contribution in [0, 0.1) is 19.3 Å². The predicted octanol–water partition coefficient (Wildman–Crippen LogP) is 5.29. The third-order valence-electron chi connectivity index (χ3n) is 9.05. The van der Waals surface area contributed by atoms with Crippen LogP contribution in [0.15, 0.2) is 65.1 Å². The number of hydrogen-bond donors (Lipinski definition) is 1. The fourth-order valence-electron chi connectivity index (χ4n) is 6.45. The number of nitrogens with one attached hydrogen (secondary N) is 1. The smallest absolute Gasteiger partial charge is 0.243 e. The summed E-state index contributed by atoms with van der Waals surface area (Å²) < 4.78 is 0. The fourth-order valence-corrected chi connectivity index (χ4v) is 6.45. The summed E-state index contributed by atoms with van der Waals surface area (Å²) in [5, 5.41) is 12.0. The van der Waals surface area contributed by atoms with Gasteiger partial charge in [0.2, 0.25) is 11.8 Å². The molecule has 1 N–H and O–H groups in total. The van der Waals surface area contributed by atoms with Crippen molar-refractivity contribution >= 4 is 23.3 Å². The number of nitrogens with zero attached hydrogens (tertiary/aromatic N) is 5. The SMILES string of the molecule is CC(=O)C1(CC(=O)N2[C@H](C(=O)N[C@@H](C)c3ccccc3)C[C@@]3(C)C[C@@H]23)N=Nc2c(C)cc(-c3cnc(C)nc3)cc21. The van der Waals surface area contributed by atoms with Gasteiger partial charge in [-0.2, -0.15) is 10.2 Å². The molecule has 6 rings (SSSR count). The normalized spacial score (nSPS) is 26.3. The number of carbonyl (C=O) groups is 3. The lowest BCUT2D eigenvalue weighted by atomic mass is 9.81. The highest BCUT2D eigenvalue weighted by Crippen LogP contribution is 2.60. The van der Waals surface area contributed by atoms with E-state index >= 15 is 0 Å². The Hall–Kier alpha value is -4.27. The molecular weight excluding hydrogens is 516 g/mol. The van der Waals surface area contributed by atoms with Gasteiger partial charge < -0.3 is 10.2 Å². The summed E-state index contributed by atoms with van der Waals surface area (Å²) in [6.45, 7) is 9.25. The average molecular weight is 551 g/mol. The summed E-state index contributed by atoms with van der Waals surface area (Å²) in [7, 11) is 0. The molecule has 1 saturated carbocycles. The molecule has 2 aromatic carbocycles. The highest BCUT2D eigenvalue weighted by Gasteiger charge is 2.65. The lowest BCUT2D eigenvalue weighted by Gasteiger charge is -2.31. The number of aryl methyl sites for hydroxylation is 2. The minimum Gasteiger partial charge on any atom is -0.348 e. The maximum absolute atomic E-state index is 14.1. The second-order valence-corrected chi connectivity index (χ2v) is 12.0. The highest BCUT2D eigenvalue weighted by atomic mass is 16.2. The van der Waals surface area contributed by atoms with Crippen molar-refractivity contribution in [2.45, 2.75) is 77.5 Å². The van der Waals surface area contributed by atoms with Gasteiger partial charge >= 0.3 is 0 Å². The third kappa shape index (κ3) is 4.53. The lowest BCUT2D eigenvalue weighted by Crippen LogP contribution is -2.50. The first-order chi connectivity index (χ1) is 19.5. The molecule has 41 heavy (non-hydrogen) atoms. The first-order valence-electron chi connectivity index (χ1n) is 14.1. The van der Waals surface area contributed by atoms with Crippen LogP contribution >= 0.6 is 0 Å². The summed E-state index contributed by atoms with van der Waals surface area (Å²) in [6, 6.07) is 12.8. The van der Waals surface area contributed by atoms with Crippen molar-refractivity contribution in [2.24, 2.45) is 15.6 Å². The molecule has 1 aliphatic carbocycles. The van der Waals surface area contributed by atoms with Crippen LogP contribution in [0.25, 0.3) is 11.1 Å². The fraction of sp³-hybridized carbons (Fsp3) is 0.406. The zero-order valence-electron chi connectivity index (χ0n) is 24.0. The van der Waals surface area contributed by atoms with Crippen molar-refractivity contribution in [3.8, 4) is 11.1 Å². The standard InChI is InChI=1S/C32H34N6O3/c1-18-11-23(24-16-33-21(4)34-17-24)12-25-29(18)36-37-32(25,20(3)39)15-28(40)38-26(13-31(5)14-27(31)38)30(41)35-19(2)22-9-7-6-8-10-22/h6-12,16-17,19,26-27H,13-15H2,1-5H3,(H,35,41)/t19-,26-,27+,31-,32?/m0/s1. The number of ketones is 1. The third-order valence-corrected chi connectivity index (χ3v) is 9.05. The summed E-state index contributed by atoms with van der Waals surface area (Å²) in [5.74, 6) is -0.0327. The second-order valence-electron chi connectivity index (χ2n) is 12.0. The molecule has 2 amide bonds. The monoisotopic (exact) mass is 550 g/mol. The number of hydrogen-bond acceptors (Lipinski definition) is 7. The van der Waals surface area contributed by atoms with Gasteiger partial charge in [0.1, 0.15) is 11.9 Å². The van der Waals surface area contributed by atoms with Crippen LogP contribution in [0.5, 0.6) is 0 Å². The van der Waals surface area contributed by atoms with Crippen LogP contribution in [0.4, 0.5) is 5.69 Å². The van der Waals surface area contributed by atoms with Crippen LogP contribution < -0.4 is 5.32 Å². The van der Waals surface area contributed by atoms with Gasteiger partial charge in [0.25, 0.3) is 0 Å². The second kappa shape index (κ2) is 9.68. The molecule has 9 nitrogen and oxygen atoms in total. The van der Waals surface area contributed by atoms with Gasteiger partial charge in [0.15, 0.2) is 11.3 Å². The number of benzene rings is 2. The molecule has 3 aromatic rings. The van der Waals surface area contributed by atoms with E-state index in [2.05, 4.69) is 32.4 Å².